The maximum atomic E-state index is 13.6. The molecule has 0 saturated carbocycles. The fourth-order valence-electron chi connectivity index (χ4n) is 1.54. The van der Waals surface area contributed by atoms with Gasteiger partial charge in [0.1, 0.15) is 6.17 Å². The first-order valence-electron chi connectivity index (χ1n) is 4.98. The Balaban J connectivity index is 2.52. The van der Waals surface area contributed by atoms with Gasteiger partial charge in [0.25, 0.3) is 0 Å². The van der Waals surface area contributed by atoms with E-state index in [1.165, 1.54) is 0 Å². The van der Waals surface area contributed by atoms with Crippen LogP contribution in [0, 0.1) is 0 Å². The molecule has 2 heteroatoms. The smallest absolute Gasteiger partial charge is 0.130 e. The second kappa shape index (κ2) is 5.76. The van der Waals surface area contributed by atoms with Gasteiger partial charge in [0.05, 0.1) is 6.10 Å². The first kappa shape index (κ1) is 11.2. The predicted molar refractivity (Wildman–Crippen MR) is 56.1 cm³/mol. The maximum Gasteiger partial charge on any atom is 0.130 e. The highest BCUT2D eigenvalue weighted by atomic mass is 19.1. The minimum absolute atomic E-state index is 0.282. The van der Waals surface area contributed by atoms with Crippen LogP contribution in [0.2, 0.25) is 0 Å². The van der Waals surface area contributed by atoms with E-state index in [9.17, 15) is 4.39 Å². The highest BCUT2D eigenvalue weighted by Crippen LogP contribution is 2.13. The van der Waals surface area contributed by atoms with E-state index in [2.05, 4.69) is 0 Å². The molecule has 2 atom stereocenters. The molecule has 1 nitrogen and oxygen atoms in total. The second-order valence-corrected chi connectivity index (χ2v) is 3.39. The number of methoxy groups -OCH3 is 1. The highest BCUT2D eigenvalue weighted by molar-refractivity contribution is 5.15. The average Bonchev–Trinajstić information content (AvgIpc) is 2.21. The number of hydrogen-bond donors (Lipinski definition) is 0. The summed E-state index contributed by atoms with van der Waals surface area (Å²) in [5, 5.41) is 0. The van der Waals surface area contributed by atoms with Gasteiger partial charge in [0.2, 0.25) is 0 Å². The van der Waals surface area contributed by atoms with Crippen LogP contribution >= 0.6 is 0 Å². The predicted octanol–water partition coefficient (Wildman–Crippen LogP) is 2.99. The number of alkyl halides is 1. The average molecular weight is 196 g/mol. The Bertz CT molecular complexity index is 244. The van der Waals surface area contributed by atoms with Gasteiger partial charge in [-0.05, 0) is 12.0 Å². The molecule has 1 aromatic carbocycles. The van der Waals surface area contributed by atoms with Crippen molar-refractivity contribution in [3.63, 3.8) is 0 Å². The molecule has 0 bridgehead atoms. The standard InChI is InChI=1S/C12H17FO/c1-3-12(14-2)11(13)9-10-7-5-4-6-8-10/h4-8,11-12H,3,9H2,1-2H3/t11-,12-/m0/s1. The zero-order valence-electron chi connectivity index (χ0n) is 8.74. The fraction of sp³-hybridized carbons (Fsp3) is 0.500. The van der Waals surface area contributed by atoms with Crippen LogP contribution in [0.4, 0.5) is 4.39 Å². The van der Waals surface area contributed by atoms with Crippen molar-refractivity contribution in [1.29, 1.82) is 0 Å². The number of halogens is 1. The minimum Gasteiger partial charge on any atom is -0.378 e. The van der Waals surface area contributed by atoms with Crippen molar-refractivity contribution in [3.8, 4) is 0 Å². The lowest BCUT2D eigenvalue weighted by atomic mass is 10.0. The molecule has 0 aliphatic rings. The molecule has 1 rings (SSSR count). The maximum absolute atomic E-state index is 13.6. The van der Waals surface area contributed by atoms with Crippen molar-refractivity contribution in [2.24, 2.45) is 0 Å². The third kappa shape index (κ3) is 3.11. The Hall–Kier alpha value is -0.890. The number of ether oxygens (including phenoxy) is 1. The number of hydrogen-bond acceptors (Lipinski definition) is 1. The largest absolute Gasteiger partial charge is 0.378 e. The molecule has 0 radical (unpaired) electrons. The summed E-state index contributed by atoms with van der Waals surface area (Å²) in [4.78, 5) is 0. The Morgan fingerprint density at radius 1 is 1.29 bits per heavy atom. The van der Waals surface area contributed by atoms with Crippen LogP contribution in [-0.2, 0) is 11.2 Å². The summed E-state index contributed by atoms with van der Waals surface area (Å²) >= 11 is 0. The summed E-state index contributed by atoms with van der Waals surface area (Å²) < 4.78 is 18.7. The third-order valence-corrected chi connectivity index (χ3v) is 2.38. The molecule has 0 amide bonds. The fourth-order valence-corrected chi connectivity index (χ4v) is 1.54. The molecule has 78 valence electrons. The molecule has 0 aliphatic carbocycles. The quantitative estimate of drug-likeness (QED) is 0.703. The summed E-state index contributed by atoms with van der Waals surface area (Å²) in [5.74, 6) is 0. The van der Waals surface area contributed by atoms with Crippen molar-refractivity contribution >= 4 is 0 Å². The van der Waals surface area contributed by atoms with Crippen LogP contribution in [0.1, 0.15) is 18.9 Å². The number of benzene rings is 1. The zero-order chi connectivity index (χ0) is 10.4. The lowest BCUT2D eigenvalue weighted by Crippen LogP contribution is -2.25. The van der Waals surface area contributed by atoms with Gasteiger partial charge < -0.3 is 4.74 Å². The van der Waals surface area contributed by atoms with Crippen molar-refractivity contribution in [2.75, 3.05) is 7.11 Å². The molecular formula is C12H17FO. The van der Waals surface area contributed by atoms with Crippen molar-refractivity contribution in [2.45, 2.75) is 32.0 Å². The first-order valence-corrected chi connectivity index (χ1v) is 4.98. The van der Waals surface area contributed by atoms with E-state index in [4.69, 9.17) is 4.74 Å². The first-order chi connectivity index (χ1) is 6.77. The summed E-state index contributed by atoms with van der Waals surface area (Å²) in [6.45, 7) is 1.94. The van der Waals surface area contributed by atoms with E-state index in [0.29, 0.717) is 12.8 Å². The van der Waals surface area contributed by atoms with Crippen LogP contribution in [0.15, 0.2) is 30.3 Å². The van der Waals surface area contributed by atoms with E-state index in [1.54, 1.807) is 7.11 Å². The molecule has 0 saturated heterocycles. The Kier molecular flexibility index (Phi) is 4.60. The molecule has 0 fully saturated rings. The molecule has 0 unspecified atom stereocenters. The lowest BCUT2D eigenvalue weighted by molar-refractivity contribution is 0.0301. The lowest BCUT2D eigenvalue weighted by Gasteiger charge is -2.17. The van der Waals surface area contributed by atoms with E-state index in [0.717, 1.165) is 5.56 Å². The molecule has 14 heavy (non-hydrogen) atoms. The summed E-state index contributed by atoms with van der Waals surface area (Å²) in [5.41, 5.74) is 1.02. The molecule has 0 aliphatic heterocycles. The van der Waals surface area contributed by atoms with Gasteiger partial charge in [-0.15, -0.1) is 0 Å². The molecule has 1 aromatic rings. The normalized spacial score (nSPS) is 15.1. The Labute approximate surface area is 84.9 Å². The molecule has 0 aromatic heterocycles. The molecule has 0 heterocycles. The zero-order valence-corrected chi connectivity index (χ0v) is 8.74. The number of rotatable bonds is 5. The molecule has 0 spiro atoms. The van der Waals surface area contributed by atoms with Gasteiger partial charge in [0, 0.05) is 13.5 Å². The monoisotopic (exact) mass is 196 g/mol. The SMILES string of the molecule is CC[C@H](OC)[C@@H](F)Cc1ccccc1. The van der Waals surface area contributed by atoms with Gasteiger partial charge in [-0.2, -0.15) is 0 Å². The second-order valence-electron chi connectivity index (χ2n) is 3.39. The van der Waals surface area contributed by atoms with Crippen LogP contribution in [0.3, 0.4) is 0 Å². The third-order valence-electron chi connectivity index (χ3n) is 2.38. The highest BCUT2D eigenvalue weighted by Gasteiger charge is 2.18. The van der Waals surface area contributed by atoms with Gasteiger partial charge in [-0.3, -0.25) is 0 Å². The van der Waals surface area contributed by atoms with Crippen molar-refractivity contribution in [3.05, 3.63) is 35.9 Å². The van der Waals surface area contributed by atoms with E-state index in [-0.39, 0.29) is 6.10 Å². The van der Waals surface area contributed by atoms with Crippen LogP contribution in [0.5, 0.6) is 0 Å². The summed E-state index contributed by atoms with van der Waals surface area (Å²) in [6.07, 6.45) is -0.0415. The van der Waals surface area contributed by atoms with E-state index >= 15 is 0 Å². The topological polar surface area (TPSA) is 9.23 Å². The van der Waals surface area contributed by atoms with Gasteiger partial charge >= 0.3 is 0 Å². The summed E-state index contributed by atoms with van der Waals surface area (Å²) in [7, 11) is 1.56. The minimum atomic E-state index is -0.910. The van der Waals surface area contributed by atoms with Gasteiger partial charge in [0.15, 0.2) is 0 Å². The molecule has 0 N–H and O–H groups in total. The molecular weight excluding hydrogens is 179 g/mol. The van der Waals surface area contributed by atoms with E-state index in [1.807, 2.05) is 37.3 Å². The van der Waals surface area contributed by atoms with Crippen LogP contribution in [-0.4, -0.2) is 19.4 Å². The van der Waals surface area contributed by atoms with Crippen LogP contribution in [0.25, 0.3) is 0 Å². The van der Waals surface area contributed by atoms with Gasteiger partial charge in [-0.1, -0.05) is 37.3 Å². The Morgan fingerprint density at radius 3 is 2.43 bits per heavy atom. The Morgan fingerprint density at radius 2 is 1.93 bits per heavy atom. The van der Waals surface area contributed by atoms with Crippen molar-refractivity contribution in [1.82, 2.24) is 0 Å². The van der Waals surface area contributed by atoms with Crippen molar-refractivity contribution < 1.29 is 9.13 Å². The summed E-state index contributed by atoms with van der Waals surface area (Å²) in [6, 6.07) is 9.67. The van der Waals surface area contributed by atoms with E-state index < -0.39 is 6.17 Å². The van der Waals surface area contributed by atoms with Gasteiger partial charge in [-0.25, -0.2) is 4.39 Å². The van der Waals surface area contributed by atoms with Crippen LogP contribution < -0.4 is 0 Å².